The Morgan fingerprint density at radius 3 is 2.30 bits per heavy atom. The van der Waals surface area contributed by atoms with Crippen LogP contribution in [0, 0.1) is 17.5 Å². The average Bonchev–Trinajstić information content (AvgIpc) is 2.38. The van der Waals surface area contributed by atoms with Gasteiger partial charge in [0.25, 0.3) is 5.91 Å². The molecule has 0 aromatic heterocycles. The SMILES string of the molecule is O=C(Nc1ccccc1CBr)c1c(F)cc(F)cc1F. The lowest BCUT2D eigenvalue weighted by Gasteiger charge is -2.10. The number of nitrogens with one attached hydrogen (secondary N) is 1. The summed E-state index contributed by atoms with van der Waals surface area (Å²) in [6.45, 7) is 0. The van der Waals surface area contributed by atoms with E-state index in [1.807, 2.05) is 0 Å². The maximum absolute atomic E-state index is 13.5. The normalized spacial score (nSPS) is 10.4. The molecule has 0 heterocycles. The Labute approximate surface area is 121 Å². The lowest BCUT2D eigenvalue weighted by Crippen LogP contribution is -2.17. The molecule has 0 radical (unpaired) electrons. The minimum atomic E-state index is -1.24. The quantitative estimate of drug-likeness (QED) is 0.829. The summed E-state index contributed by atoms with van der Waals surface area (Å²) in [4.78, 5) is 11.9. The van der Waals surface area contributed by atoms with Crippen molar-refractivity contribution in [2.75, 3.05) is 5.32 Å². The van der Waals surface area contributed by atoms with Gasteiger partial charge in [0.1, 0.15) is 23.0 Å². The van der Waals surface area contributed by atoms with Gasteiger partial charge in [0, 0.05) is 23.2 Å². The van der Waals surface area contributed by atoms with Gasteiger partial charge in [-0.15, -0.1) is 0 Å². The second-order valence-electron chi connectivity index (χ2n) is 3.99. The van der Waals surface area contributed by atoms with Gasteiger partial charge in [-0.05, 0) is 11.6 Å². The van der Waals surface area contributed by atoms with Crippen LogP contribution < -0.4 is 5.32 Å². The molecule has 0 aliphatic rings. The van der Waals surface area contributed by atoms with Gasteiger partial charge in [-0.25, -0.2) is 13.2 Å². The number of hydrogen-bond donors (Lipinski definition) is 1. The lowest BCUT2D eigenvalue weighted by molar-refractivity contribution is 0.101. The van der Waals surface area contributed by atoms with E-state index in [2.05, 4.69) is 21.2 Å². The number of carbonyl (C=O) groups is 1. The molecule has 0 fully saturated rings. The zero-order valence-electron chi connectivity index (χ0n) is 10.1. The van der Waals surface area contributed by atoms with Crippen LogP contribution in [0.5, 0.6) is 0 Å². The van der Waals surface area contributed by atoms with Crippen molar-refractivity contribution in [3.63, 3.8) is 0 Å². The van der Waals surface area contributed by atoms with Crippen LogP contribution in [0.4, 0.5) is 18.9 Å². The molecule has 2 rings (SSSR count). The molecular weight excluding hydrogens is 335 g/mol. The van der Waals surface area contributed by atoms with Crippen molar-refractivity contribution in [3.8, 4) is 0 Å². The Bertz CT molecular complexity index is 638. The van der Waals surface area contributed by atoms with Crippen molar-refractivity contribution in [1.82, 2.24) is 0 Å². The first-order valence-electron chi connectivity index (χ1n) is 5.62. The smallest absolute Gasteiger partial charge is 0.261 e. The molecule has 0 saturated heterocycles. The van der Waals surface area contributed by atoms with E-state index in [0.717, 1.165) is 5.56 Å². The zero-order chi connectivity index (χ0) is 14.7. The van der Waals surface area contributed by atoms with Crippen LogP contribution in [0.15, 0.2) is 36.4 Å². The van der Waals surface area contributed by atoms with Gasteiger partial charge in [-0.2, -0.15) is 0 Å². The average molecular weight is 344 g/mol. The second kappa shape index (κ2) is 6.09. The fourth-order valence-corrected chi connectivity index (χ4v) is 2.19. The third-order valence-corrected chi connectivity index (χ3v) is 3.25. The molecule has 1 amide bonds. The number of carbonyl (C=O) groups excluding carboxylic acids is 1. The Morgan fingerprint density at radius 1 is 1.10 bits per heavy atom. The van der Waals surface area contributed by atoms with Crippen LogP contribution in [-0.4, -0.2) is 5.91 Å². The highest BCUT2D eigenvalue weighted by molar-refractivity contribution is 9.08. The highest BCUT2D eigenvalue weighted by Gasteiger charge is 2.19. The minimum Gasteiger partial charge on any atom is -0.322 e. The number of para-hydroxylation sites is 1. The zero-order valence-corrected chi connectivity index (χ0v) is 11.7. The third-order valence-electron chi connectivity index (χ3n) is 2.64. The molecular formula is C14H9BrF3NO. The summed E-state index contributed by atoms with van der Waals surface area (Å²) in [5.41, 5.74) is 0.372. The highest BCUT2D eigenvalue weighted by Crippen LogP contribution is 2.21. The minimum absolute atomic E-state index is 0.428. The van der Waals surface area contributed by atoms with Crippen molar-refractivity contribution < 1.29 is 18.0 Å². The van der Waals surface area contributed by atoms with E-state index in [1.54, 1.807) is 24.3 Å². The van der Waals surface area contributed by atoms with Gasteiger partial charge in [-0.1, -0.05) is 34.1 Å². The van der Waals surface area contributed by atoms with Crippen LogP contribution in [0.25, 0.3) is 0 Å². The summed E-state index contributed by atoms with van der Waals surface area (Å²) < 4.78 is 39.8. The Balaban J connectivity index is 2.34. The van der Waals surface area contributed by atoms with Crippen molar-refractivity contribution >= 4 is 27.5 Å². The van der Waals surface area contributed by atoms with E-state index < -0.39 is 28.9 Å². The molecule has 0 unspecified atom stereocenters. The first-order valence-corrected chi connectivity index (χ1v) is 6.75. The van der Waals surface area contributed by atoms with Crippen LogP contribution in [0.3, 0.4) is 0 Å². The van der Waals surface area contributed by atoms with E-state index in [0.29, 0.717) is 23.2 Å². The topological polar surface area (TPSA) is 29.1 Å². The number of amides is 1. The largest absolute Gasteiger partial charge is 0.322 e. The molecule has 0 spiro atoms. The molecule has 2 aromatic rings. The van der Waals surface area contributed by atoms with Gasteiger partial charge in [-0.3, -0.25) is 4.79 Å². The van der Waals surface area contributed by atoms with E-state index in [4.69, 9.17) is 0 Å². The molecule has 20 heavy (non-hydrogen) atoms. The summed E-state index contributed by atoms with van der Waals surface area (Å²) in [5, 5.41) is 2.88. The monoisotopic (exact) mass is 343 g/mol. The van der Waals surface area contributed by atoms with Crippen LogP contribution in [-0.2, 0) is 5.33 Å². The summed E-state index contributed by atoms with van der Waals surface area (Å²) >= 11 is 3.24. The number of anilines is 1. The molecule has 0 atom stereocenters. The van der Waals surface area contributed by atoms with Gasteiger partial charge >= 0.3 is 0 Å². The highest BCUT2D eigenvalue weighted by atomic mass is 79.9. The van der Waals surface area contributed by atoms with Crippen molar-refractivity contribution in [2.24, 2.45) is 0 Å². The van der Waals surface area contributed by atoms with Crippen molar-refractivity contribution in [1.29, 1.82) is 0 Å². The molecule has 0 bridgehead atoms. The molecule has 2 aromatic carbocycles. The lowest BCUT2D eigenvalue weighted by atomic mass is 10.1. The van der Waals surface area contributed by atoms with Gasteiger partial charge in [0.2, 0.25) is 0 Å². The fraction of sp³-hybridized carbons (Fsp3) is 0.0714. The number of benzene rings is 2. The van der Waals surface area contributed by atoms with Crippen LogP contribution in [0.2, 0.25) is 0 Å². The fourth-order valence-electron chi connectivity index (χ4n) is 1.70. The predicted octanol–water partition coefficient (Wildman–Crippen LogP) is 4.25. The number of rotatable bonds is 3. The number of alkyl halides is 1. The van der Waals surface area contributed by atoms with E-state index in [1.165, 1.54) is 0 Å². The third kappa shape index (κ3) is 3.01. The van der Waals surface area contributed by atoms with E-state index >= 15 is 0 Å². The molecule has 0 saturated carbocycles. The van der Waals surface area contributed by atoms with E-state index in [-0.39, 0.29) is 0 Å². The van der Waals surface area contributed by atoms with E-state index in [9.17, 15) is 18.0 Å². The summed E-state index contributed by atoms with van der Waals surface area (Å²) in [7, 11) is 0. The molecule has 0 aliphatic heterocycles. The van der Waals surface area contributed by atoms with Crippen LogP contribution in [0.1, 0.15) is 15.9 Å². The first-order chi connectivity index (χ1) is 9.52. The molecule has 0 aliphatic carbocycles. The second-order valence-corrected chi connectivity index (χ2v) is 4.55. The van der Waals surface area contributed by atoms with Crippen molar-refractivity contribution in [2.45, 2.75) is 5.33 Å². The van der Waals surface area contributed by atoms with Crippen LogP contribution >= 0.6 is 15.9 Å². The van der Waals surface area contributed by atoms with Gasteiger partial charge < -0.3 is 5.32 Å². The first kappa shape index (κ1) is 14.6. The Hall–Kier alpha value is -1.82. The maximum atomic E-state index is 13.5. The molecule has 6 heteroatoms. The van der Waals surface area contributed by atoms with Gasteiger partial charge in [0.05, 0.1) is 0 Å². The van der Waals surface area contributed by atoms with Gasteiger partial charge in [0.15, 0.2) is 0 Å². The molecule has 2 nitrogen and oxygen atoms in total. The number of halogens is 4. The maximum Gasteiger partial charge on any atom is 0.261 e. The Kier molecular flexibility index (Phi) is 4.44. The molecule has 104 valence electrons. The summed E-state index contributed by atoms with van der Waals surface area (Å²) in [5.74, 6) is -4.52. The predicted molar refractivity (Wildman–Crippen MR) is 73.3 cm³/mol. The Morgan fingerprint density at radius 2 is 1.70 bits per heavy atom. The summed E-state index contributed by atoms with van der Waals surface area (Å²) in [6.07, 6.45) is 0. The molecule has 1 N–H and O–H groups in total. The number of hydrogen-bond acceptors (Lipinski definition) is 1. The van der Waals surface area contributed by atoms with Crippen molar-refractivity contribution in [3.05, 3.63) is 65.0 Å². The standard InChI is InChI=1S/C14H9BrF3NO/c15-7-8-3-1-2-4-12(8)19-14(20)13-10(17)5-9(16)6-11(13)18/h1-6H,7H2,(H,19,20). The summed E-state index contributed by atoms with van der Waals surface area (Å²) in [6, 6.07) is 7.74.